The van der Waals surface area contributed by atoms with Gasteiger partial charge in [-0.25, -0.2) is 5.09 Å². The molecule has 1 saturated carbocycles. The van der Waals surface area contributed by atoms with Gasteiger partial charge in [-0.1, -0.05) is 57.5 Å². The lowest BCUT2D eigenvalue weighted by molar-refractivity contribution is 0.0454. The Hall–Kier alpha value is -0.470. The first-order chi connectivity index (χ1) is 10.5. The monoisotopic (exact) mass is 323 g/mol. The third-order valence-electron chi connectivity index (χ3n) is 4.80. The highest BCUT2D eigenvalue weighted by molar-refractivity contribution is 7.43. The summed E-state index contributed by atoms with van der Waals surface area (Å²) >= 11 is 0. The van der Waals surface area contributed by atoms with Gasteiger partial charge in [-0.15, -0.1) is 0 Å². The molecule has 0 bridgehead atoms. The van der Waals surface area contributed by atoms with Crippen LogP contribution in [0.3, 0.4) is 0 Å². The summed E-state index contributed by atoms with van der Waals surface area (Å²) in [5, 5.41) is 3.22. The lowest BCUT2D eigenvalue weighted by Crippen LogP contribution is -2.34. The minimum atomic E-state index is -1.59. The van der Waals surface area contributed by atoms with Gasteiger partial charge in [0.15, 0.2) is 0 Å². The molecule has 2 N–H and O–H groups in total. The van der Waals surface area contributed by atoms with E-state index >= 15 is 0 Å². The zero-order chi connectivity index (χ0) is 16.1. The third kappa shape index (κ3) is 5.03. The Bertz CT molecular complexity index is 440. The van der Waals surface area contributed by atoms with E-state index in [-0.39, 0.29) is 12.1 Å². The van der Waals surface area contributed by atoms with Crippen molar-refractivity contribution in [2.24, 2.45) is 17.8 Å². The van der Waals surface area contributed by atoms with E-state index in [0.717, 1.165) is 6.42 Å². The van der Waals surface area contributed by atoms with E-state index in [1.165, 1.54) is 18.4 Å². The molecule has 0 spiro atoms. The van der Waals surface area contributed by atoms with Crippen molar-refractivity contribution in [3.05, 3.63) is 35.9 Å². The zero-order valence-electron chi connectivity index (χ0n) is 14.2. The van der Waals surface area contributed by atoms with E-state index in [0.29, 0.717) is 17.8 Å². The fraction of sp³-hybridized carbons (Fsp3) is 0.667. The van der Waals surface area contributed by atoms with Crippen molar-refractivity contribution in [3.8, 4) is 0 Å². The Balaban J connectivity index is 1.90. The highest BCUT2D eigenvalue weighted by Gasteiger charge is 2.33. The molecule has 1 aliphatic carbocycles. The van der Waals surface area contributed by atoms with Crippen molar-refractivity contribution >= 4 is 8.53 Å². The minimum Gasteiger partial charge on any atom is -0.338 e. The molecule has 1 unspecified atom stereocenters. The molecule has 0 aliphatic heterocycles. The molecule has 1 aromatic carbocycles. The van der Waals surface area contributed by atoms with E-state index in [9.17, 15) is 4.89 Å². The quantitative estimate of drug-likeness (QED) is 0.721. The maximum Gasteiger partial charge on any atom is 0.253 e. The second-order valence-electron chi connectivity index (χ2n) is 7.00. The van der Waals surface area contributed by atoms with Gasteiger partial charge < -0.3 is 9.42 Å². The molecule has 4 heteroatoms. The van der Waals surface area contributed by atoms with E-state index in [1.54, 1.807) is 0 Å². The van der Waals surface area contributed by atoms with E-state index in [1.807, 2.05) is 18.2 Å². The van der Waals surface area contributed by atoms with Gasteiger partial charge >= 0.3 is 0 Å². The number of hydrogen-bond acceptors (Lipinski definition) is 3. The first kappa shape index (κ1) is 17.9. The molecular formula is C18H30NO2P. The van der Waals surface area contributed by atoms with E-state index in [2.05, 4.69) is 44.9 Å². The third-order valence-corrected chi connectivity index (χ3v) is 5.88. The second-order valence-corrected chi connectivity index (χ2v) is 8.02. The predicted octanol–water partition coefficient (Wildman–Crippen LogP) is 5.03. The van der Waals surface area contributed by atoms with Crippen molar-refractivity contribution in [2.75, 3.05) is 0 Å². The number of hydrogen-bond donors (Lipinski definition) is 2. The smallest absolute Gasteiger partial charge is 0.253 e. The highest BCUT2D eigenvalue weighted by Crippen LogP contribution is 2.42. The fourth-order valence-electron chi connectivity index (χ4n) is 3.38. The van der Waals surface area contributed by atoms with Crippen LogP contribution in [0.15, 0.2) is 30.3 Å². The van der Waals surface area contributed by atoms with Gasteiger partial charge in [0.05, 0.1) is 6.10 Å². The van der Waals surface area contributed by atoms with Crippen LogP contribution >= 0.6 is 8.53 Å². The molecule has 0 aromatic heterocycles. The predicted molar refractivity (Wildman–Crippen MR) is 93.3 cm³/mol. The minimum absolute atomic E-state index is 0.0934. The molecular weight excluding hydrogens is 293 g/mol. The maximum atomic E-state index is 10.4. The van der Waals surface area contributed by atoms with Gasteiger partial charge in [0.1, 0.15) is 0 Å². The van der Waals surface area contributed by atoms with Crippen LogP contribution in [0.1, 0.15) is 58.6 Å². The van der Waals surface area contributed by atoms with Crippen LogP contribution in [0.25, 0.3) is 0 Å². The summed E-state index contributed by atoms with van der Waals surface area (Å²) in [5.41, 5.74) is 1.17. The first-order valence-corrected chi connectivity index (χ1v) is 9.65. The Morgan fingerprint density at radius 1 is 1.18 bits per heavy atom. The first-order valence-electron chi connectivity index (χ1n) is 8.44. The van der Waals surface area contributed by atoms with E-state index < -0.39 is 8.53 Å². The Labute approximate surface area is 136 Å². The average molecular weight is 323 g/mol. The Kier molecular flexibility index (Phi) is 6.83. The van der Waals surface area contributed by atoms with Crippen molar-refractivity contribution < 1.29 is 9.42 Å². The van der Waals surface area contributed by atoms with Gasteiger partial charge in [0, 0.05) is 6.04 Å². The molecule has 2 rings (SSSR count). The Morgan fingerprint density at radius 2 is 1.86 bits per heavy atom. The molecule has 0 heterocycles. The van der Waals surface area contributed by atoms with Gasteiger partial charge in [-0.2, -0.15) is 0 Å². The van der Waals surface area contributed by atoms with Crippen LogP contribution in [-0.4, -0.2) is 11.0 Å². The topological polar surface area (TPSA) is 41.5 Å². The van der Waals surface area contributed by atoms with Crippen molar-refractivity contribution in [1.82, 2.24) is 5.09 Å². The molecule has 0 radical (unpaired) electrons. The van der Waals surface area contributed by atoms with Gasteiger partial charge in [-0.05, 0) is 43.1 Å². The largest absolute Gasteiger partial charge is 0.338 e. The second kappa shape index (κ2) is 8.40. The summed E-state index contributed by atoms with van der Waals surface area (Å²) in [7, 11) is -1.59. The lowest BCUT2D eigenvalue weighted by atomic mass is 9.75. The summed E-state index contributed by atoms with van der Waals surface area (Å²) in [6.45, 7) is 8.87. The molecule has 124 valence electrons. The zero-order valence-corrected chi connectivity index (χ0v) is 15.1. The van der Waals surface area contributed by atoms with Crippen LogP contribution in [0.4, 0.5) is 0 Å². The summed E-state index contributed by atoms with van der Waals surface area (Å²) in [6.07, 6.45) is 3.72. The van der Waals surface area contributed by atoms with Gasteiger partial charge in [0.2, 0.25) is 0 Å². The van der Waals surface area contributed by atoms with Crippen molar-refractivity contribution in [1.29, 1.82) is 0 Å². The number of rotatable bonds is 6. The molecule has 0 amide bonds. The fourth-order valence-corrected chi connectivity index (χ4v) is 4.42. The van der Waals surface area contributed by atoms with Crippen LogP contribution in [0.5, 0.6) is 0 Å². The van der Waals surface area contributed by atoms with Gasteiger partial charge in [-0.3, -0.25) is 0 Å². The van der Waals surface area contributed by atoms with Gasteiger partial charge in [0.25, 0.3) is 8.53 Å². The molecule has 5 atom stereocenters. The molecule has 22 heavy (non-hydrogen) atoms. The summed E-state index contributed by atoms with van der Waals surface area (Å²) < 4.78 is 6.04. The normalized spacial score (nSPS) is 28.5. The molecule has 1 aliphatic rings. The Morgan fingerprint density at radius 3 is 2.50 bits per heavy atom. The summed E-state index contributed by atoms with van der Waals surface area (Å²) in [5.74, 6) is 1.85. The standard InChI is InChI=1S/C18H30NO2P/c1-13(2)17-11-10-14(3)12-18(17)21-22(20)19-15(4)16-8-6-5-7-9-16/h5-9,13-15,17-20H,10-12H2,1-4H3/t14-,15+,17+,18-,22?/m1/s1. The SMILES string of the molecule is CC(C)[C@@H]1CC[C@@H](C)C[C@H]1OP(O)N[C@@H](C)c1ccccc1. The van der Waals surface area contributed by atoms with Crippen LogP contribution in [-0.2, 0) is 4.52 Å². The molecule has 1 aromatic rings. The van der Waals surface area contributed by atoms with Crippen LogP contribution in [0, 0.1) is 17.8 Å². The summed E-state index contributed by atoms with van der Waals surface area (Å²) in [4.78, 5) is 10.4. The lowest BCUT2D eigenvalue weighted by Gasteiger charge is -2.38. The average Bonchev–Trinajstić information content (AvgIpc) is 2.47. The number of benzene rings is 1. The summed E-state index contributed by atoms with van der Waals surface area (Å²) in [6, 6.07) is 10.3. The highest BCUT2D eigenvalue weighted by atomic mass is 31.2. The van der Waals surface area contributed by atoms with E-state index in [4.69, 9.17) is 4.52 Å². The molecule has 3 nitrogen and oxygen atoms in total. The van der Waals surface area contributed by atoms with Crippen LogP contribution in [0.2, 0.25) is 0 Å². The maximum absolute atomic E-state index is 10.4. The molecule has 1 fully saturated rings. The van der Waals surface area contributed by atoms with Crippen molar-refractivity contribution in [3.63, 3.8) is 0 Å². The van der Waals surface area contributed by atoms with Crippen LogP contribution < -0.4 is 5.09 Å². The molecule has 0 saturated heterocycles. The number of nitrogens with one attached hydrogen (secondary N) is 1. The van der Waals surface area contributed by atoms with Crippen molar-refractivity contribution in [2.45, 2.75) is 59.1 Å².